The molecule has 10 heteroatoms. The highest BCUT2D eigenvalue weighted by atomic mass is 16.6. The van der Waals surface area contributed by atoms with Crippen LogP contribution < -0.4 is 28.4 Å². The van der Waals surface area contributed by atoms with E-state index < -0.39 is 23.9 Å². The van der Waals surface area contributed by atoms with Crippen LogP contribution in [0.5, 0.6) is 34.5 Å². The van der Waals surface area contributed by atoms with Crippen molar-refractivity contribution in [3.05, 3.63) is 191 Å². The van der Waals surface area contributed by atoms with Crippen molar-refractivity contribution in [2.75, 3.05) is 14.2 Å². The van der Waals surface area contributed by atoms with Crippen molar-refractivity contribution < 1.29 is 47.6 Å². The second kappa shape index (κ2) is 30.7. The summed E-state index contributed by atoms with van der Waals surface area (Å²) in [6.45, 7) is 4.50. The molecule has 0 heterocycles. The molecule has 0 aliphatic rings. The molecule has 0 unspecified atom stereocenters. The van der Waals surface area contributed by atoms with Gasteiger partial charge in [-0.1, -0.05) is 183 Å². The molecule has 7 aromatic rings. The smallest absolute Gasteiger partial charge is 0.343 e. The van der Waals surface area contributed by atoms with Crippen LogP contribution in [0.1, 0.15) is 169 Å². The van der Waals surface area contributed by atoms with Crippen molar-refractivity contribution in [2.24, 2.45) is 0 Å². The van der Waals surface area contributed by atoms with Crippen molar-refractivity contribution >= 4 is 23.9 Å². The first-order chi connectivity index (χ1) is 38.1. The third kappa shape index (κ3) is 17.5. The molecule has 0 amide bonds. The van der Waals surface area contributed by atoms with Crippen LogP contribution in [-0.4, -0.2) is 38.1 Å². The fourth-order valence-corrected chi connectivity index (χ4v) is 9.26. The van der Waals surface area contributed by atoms with Gasteiger partial charge in [-0.15, -0.1) is 0 Å². The van der Waals surface area contributed by atoms with E-state index in [1.807, 2.05) is 24.3 Å². The van der Waals surface area contributed by atoms with Gasteiger partial charge < -0.3 is 28.4 Å². The Morgan fingerprint density at radius 1 is 0.308 bits per heavy atom. The lowest BCUT2D eigenvalue weighted by molar-refractivity contribution is 0.0718. The second-order valence-electron chi connectivity index (χ2n) is 19.8. The highest BCUT2D eigenvalue weighted by Gasteiger charge is 2.20. The van der Waals surface area contributed by atoms with Crippen LogP contribution in [0.4, 0.5) is 0 Å². The predicted octanol–water partition coefficient (Wildman–Crippen LogP) is 17.3. The lowest BCUT2D eigenvalue weighted by atomic mass is 10.00. The van der Waals surface area contributed by atoms with Gasteiger partial charge in [0.15, 0.2) is 23.0 Å². The van der Waals surface area contributed by atoms with Crippen LogP contribution in [0.3, 0.4) is 0 Å². The topological polar surface area (TPSA) is 124 Å². The van der Waals surface area contributed by atoms with Gasteiger partial charge in [-0.05, 0) is 132 Å². The zero-order valence-corrected chi connectivity index (χ0v) is 45.8. The molecule has 10 nitrogen and oxygen atoms in total. The monoisotopic (exact) mass is 1050 g/mol. The zero-order valence-electron chi connectivity index (χ0n) is 45.8. The summed E-state index contributed by atoms with van der Waals surface area (Å²) in [6, 6.07) is 46.4. The van der Waals surface area contributed by atoms with Gasteiger partial charge in [0.2, 0.25) is 0 Å². The Labute approximate surface area is 461 Å². The fraction of sp³-hybridized carbons (Fsp3) is 0.324. The molecular formula is C68H74O10. The quantitative estimate of drug-likeness (QED) is 0.0244. The summed E-state index contributed by atoms with van der Waals surface area (Å²) in [6.07, 6.45) is 23.0. The van der Waals surface area contributed by atoms with Crippen LogP contribution in [-0.2, 0) is 12.8 Å². The summed E-state index contributed by atoms with van der Waals surface area (Å²) < 4.78 is 33.7. The van der Waals surface area contributed by atoms with Gasteiger partial charge >= 0.3 is 23.9 Å². The second-order valence-corrected chi connectivity index (χ2v) is 19.8. The Morgan fingerprint density at radius 3 is 0.962 bits per heavy atom. The van der Waals surface area contributed by atoms with Gasteiger partial charge in [-0.2, -0.15) is 0 Å². The molecule has 406 valence electrons. The van der Waals surface area contributed by atoms with Gasteiger partial charge in [0.1, 0.15) is 11.5 Å². The molecule has 0 spiro atoms. The van der Waals surface area contributed by atoms with Crippen molar-refractivity contribution in [3.8, 4) is 56.8 Å². The Morgan fingerprint density at radius 2 is 0.615 bits per heavy atom. The molecule has 0 atom stereocenters. The van der Waals surface area contributed by atoms with E-state index in [1.165, 1.54) is 183 Å². The molecular weight excluding hydrogens is 977 g/mol. The van der Waals surface area contributed by atoms with Crippen LogP contribution in [0.15, 0.2) is 158 Å². The fourth-order valence-electron chi connectivity index (χ4n) is 9.26. The number of esters is 4. The Kier molecular flexibility index (Phi) is 22.7. The van der Waals surface area contributed by atoms with Crippen molar-refractivity contribution in [1.29, 1.82) is 0 Å². The lowest BCUT2D eigenvalue weighted by Gasteiger charge is -2.12. The van der Waals surface area contributed by atoms with E-state index in [-0.39, 0.29) is 45.6 Å². The van der Waals surface area contributed by atoms with Crippen molar-refractivity contribution in [2.45, 2.75) is 129 Å². The molecule has 0 aliphatic carbocycles. The van der Waals surface area contributed by atoms with Crippen molar-refractivity contribution in [1.82, 2.24) is 0 Å². The maximum Gasteiger partial charge on any atom is 0.343 e. The Balaban J connectivity index is 0.866. The predicted molar refractivity (Wildman–Crippen MR) is 309 cm³/mol. The number of benzene rings is 7. The molecule has 0 aliphatic heterocycles. The summed E-state index contributed by atoms with van der Waals surface area (Å²) in [7, 11) is 2.81. The molecule has 7 aromatic carbocycles. The number of ether oxygens (including phenoxy) is 6. The van der Waals surface area contributed by atoms with Gasteiger partial charge in [-0.3, -0.25) is 0 Å². The van der Waals surface area contributed by atoms with Gasteiger partial charge in [0.25, 0.3) is 0 Å². The van der Waals surface area contributed by atoms with Gasteiger partial charge in [0.05, 0.1) is 36.5 Å². The minimum absolute atomic E-state index is 0.105. The van der Waals surface area contributed by atoms with E-state index in [9.17, 15) is 19.2 Å². The van der Waals surface area contributed by atoms with E-state index >= 15 is 0 Å². The highest BCUT2D eigenvalue weighted by Crippen LogP contribution is 2.33. The largest absolute Gasteiger partial charge is 0.493 e. The Hall–Kier alpha value is -7.98. The number of carbonyl (C=O) groups excluding carboxylic acids is 4. The van der Waals surface area contributed by atoms with E-state index in [2.05, 4.69) is 62.4 Å². The standard InChI is InChI=1S/C68H74O10/c1-5-7-9-11-13-15-17-19-22-49-26-30-51(31-27-49)53-34-38-55(39-35-53)65(69)77-61-44-42-57(46-63(61)73-3)67(71)75-59-24-21-25-60(48-59)76-68(72)58-43-45-62(64(47-58)74-4)78-66(70)56-40-36-54(37-41-56)52-32-28-50(29-33-52)23-20-18-16-14-12-10-8-6-2/h21,24-48H,5-20,22-23H2,1-4H3. The maximum absolute atomic E-state index is 13.3. The Bertz CT molecular complexity index is 2810. The van der Waals surface area contributed by atoms with Crippen LogP contribution in [0.2, 0.25) is 0 Å². The number of hydrogen-bond donors (Lipinski definition) is 0. The summed E-state index contributed by atoms with van der Waals surface area (Å²) in [4.78, 5) is 53.2. The molecule has 78 heavy (non-hydrogen) atoms. The SMILES string of the molecule is CCCCCCCCCCc1ccc(-c2ccc(C(=O)Oc3ccc(C(=O)Oc4cccc(OC(=O)c5ccc(OC(=O)c6ccc(-c7ccc(CCCCCCCCCC)cc7)cc6)c(OC)c5)c4)cc3OC)cc2)cc1. The molecule has 0 N–H and O–H groups in total. The first-order valence-corrected chi connectivity index (χ1v) is 27.9. The van der Waals surface area contributed by atoms with E-state index in [4.69, 9.17) is 28.4 Å². The zero-order chi connectivity index (χ0) is 54.9. The minimum Gasteiger partial charge on any atom is -0.493 e. The number of methoxy groups -OCH3 is 2. The molecule has 0 bridgehead atoms. The number of carbonyl (C=O) groups is 4. The average Bonchev–Trinajstić information content (AvgIpc) is 3.48. The maximum atomic E-state index is 13.3. The van der Waals surface area contributed by atoms with Crippen molar-refractivity contribution in [3.63, 3.8) is 0 Å². The van der Waals surface area contributed by atoms with Crippen LogP contribution in [0.25, 0.3) is 22.3 Å². The number of rotatable bonds is 30. The summed E-state index contributed by atoms with van der Waals surface area (Å²) in [5.74, 6) is -1.88. The number of aryl methyl sites for hydroxylation is 2. The normalized spacial score (nSPS) is 10.9. The number of unbranched alkanes of at least 4 members (excludes halogenated alkanes) is 14. The van der Waals surface area contributed by atoms with Gasteiger partial charge in [-0.25, -0.2) is 19.2 Å². The first kappa shape index (κ1) is 57.7. The molecule has 0 radical (unpaired) electrons. The summed E-state index contributed by atoms with van der Waals surface area (Å²) in [5.41, 5.74) is 7.71. The first-order valence-electron chi connectivity index (χ1n) is 27.9. The van der Waals surface area contributed by atoms with Gasteiger partial charge in [0, 0.05) is 6.07 Å². The molecule has 7 rings (SSSR count). The number of hydrogen-bond acceptors (Lipinski definition) is 10. The lowest BCUT2D eigenvalue weighted by Crippen LogP contribution is -2.12. The van der Waals surface area contributed by atoms with E-state index in [0.29, 0.717) is 11.1 Å². The molecule has 0 saturated carbocycles. The molecule has 0 fully saturated rings. The van der Waals surface area contributed by atoms with Crippen LogP contribution in [0, 0.1) is 0 Å². The van der Waals surface area contributed by atoms with E-state index in [0.717, 1.165) is 35.1 Å². The minimum atomic E-state index is -0.730. The van der Waals surface area contributed by atoms with Crippen LogP contribution >= 0.6 is 0 Å². The third-order valence-electron chi connectivity index (χ3n) is 13.9. The molecule has 0 saturated heterocycles. The third-order valence-corrected chi connectivity index (χ3v) is 13.9. The summed E-state index contributed by atoms with van der Waals surface area (Å²) in [5, 5.41) is 0. The summed E-state index contributed by atoms with van der Waals surface area (Å²) >= 11 is 0. The highest BCUT2D eigenvalue weighted by molar-refractivity contribution is 5.95. The van der Waals surface area contributed by atoms with E-state index in [1.54, 1.807) is 30.3 Å². The average molecular weight is 1050 g/mol. The molecule has 0 aromatic heterocycles.